The maximum Gasteiger partial charge on any atom is 0.155 e. The van der Waals surface area contributed by atoms with Crippen LogP contribution in [-0.4, -0.2) is 19.6 Å². The molecule has 4 nitrogen and oxygen atoms in total. The summed E-state index contributed by atoms with van der Waals surface area (Å²) >= 11 is 3.48. The molecule has 0 unspecified atom stereocenters. The maximum atomic E-state index is 4.53. The fraction of sp³-hybridized carbons (Fsp3) is 0.0909. The molecule has 0 saturated carbocycles. The van der Waals surface area contributed by atoms with Gasteiger partial charge in [-0.25, -0.2) is 9.50 Å². The van der Waals surface area contributed by atoms with E-state index in [1.54, 1.807) is 4.52 Å². The molecule has 0 bridgehead atoms. The van der Waals surface area contributed by atoms with Gasteiger partial charge in [0.25, 0.3) is 0 Å². The molecule has 0 saturated heterocycles. The summed E-state index contributed by atoms with van der Waals surface area (Å²) in [6.07, 6.45) is 3.81. The molecular formula is C11H9BrN4. The second-order valence-corrected chi connectivity index (χ2v) is 4.33. The van der Waals surface area contributed by atoms with E-state index in [1.165, 1.54) is 0 Å². The number of halogens is 1. The van der Waals surface area contributed by atoms with Gasteiger partial charge in [0, 0.05) is 18.0 Å². The highest BCUT2D eigenvalue weighted by Gasteiger charge is 2.08. The highest BCUT2D eigenvalue weighted by molar-refractivity contribution is 9.10. The number of imidazole rings is 1. The van der Waals surface area contributed by atoms with Crippen LogP contribution in [0.3, 0.4) is 0 Å². The Balaban J connectivity index is 2.26. The third-order valence-corrected chi connectivity index (χ3v) is 3.39. The molecule has 3 heterocycles. The third kappa shape index (κ3) is 1.36. The molecule has 5 heteroatoms. The van der Waals surface area contributed by atoms with Crippen LogP contribution in [0.4, 0.5) is 0 Å². The molecule has 0 aliphatic heterocycles. The van der Waals surface area contributed by atoms with E-state index in [1.807, 2.05) is 37.5 Å². The van der Waals surface area contributed by atoms with Crippen LogP contribution in [0, 0.1) is 6.92 Å². The summed E-state index contributed by atoms with van der Waals surface area (Å²) in [5.41, 5.74) is 3.79. The fourth-order valence-electron chi connectivity index (χ4n) is 1.65. The molecule has 0 aromatic carbocycles. The van der Waals surface area contributed by atoms with Gasteiger partial charge in [0.1, 0.15) is 4.60 Å². The van der Waals surface area contributed by atoms with Crippen molar-refractivity contribution in [1.82, 2.24) is 19.6 Å². The standard InChI is InChI=1S/C11H9BrN4/c1-7-11(12)16-10(14-7)3-2-9(15-16)8-4-5-13-6-8/h2-6,13H,1H3. The van der Waals surface area contributed by atoms with E-state index in [0.29, 0.717) is 0 Å². The quantitative estimate of drug-likeness (QED) is 0.743. The van der Waals surface area contributed by atoms with Crippen molar-refractivity contribution in [2.75, 3.05) is 0 Å². The Morgan fingerprint density at radius 3 is 2.94 bits per heavy atom. The third-order valence-electron chi connectivity index (χ3n) is 2.48. The number of nitrogens with one attached hydrogen (secondary N) is 1. The number of hydrogen-bond acceptors (Lipinski definition) is 2. The minimum Gasteiger partial charge on any atom is -0.367 e. The van der Waals surface area contributed by atoms with Gasteiger partial charge < -0.3 is 4.98 Å². The summed E-state index contributed by atoms with van der Waals surface area (Å²) in [4.78, 5) is 7.40. The Morgan fingerprint density at radius 2 is 2.19 bits per heavy atom. The smallest absolute Gasteiger partial charge is 0.155 e. The number of hydrogen-bond donors (Lipinski definition) is 1. The summed E-state index contributed by atoms with van der Waals surface area (Å²) in [6.45, 7) is 1.95. The van der Waals surface area contributed by atoms with Crippen LogP contribution in [0.1, 0.15) is 5.69 Å². The van der Waals surface area contributed by atoms with Gasteiger partial charge in [-0.15, -0.1) is 0 Å². The molecule has 0 atom stereocenters. The lowest BCUT2D eigenvalue weighted by atomic mass is 10.2. The number of fused-ring (bicyclic) bond motifs is 1. The zero-order valence-electron chi connectivity index (χ0n) is 8.61. The van der Waals surface area contributed by atoms with Gasteiger partial charge in [-0.05, 0) is 41.1 Å². The zero-order chi connectivity index (χ0) is 11.1. The summed E-state index contributed by atoms with van der Waals surface area (Å²) in [7, 11) is 0. The van der Waals surface area contributed by atoms with Gasteiger partial charge in [0.15, 0.2) is 5.65 Å². The number of aromatic amines is 1. The first kappa shape index (κ1) is 9.59. The highest BCUT2D eigenvalue weighted by Crippen LogP contribution is 2.20. The lowest BCUT2D eigenvalue weighted by molar-refractivity contribution is 0.919. The predicted octanol–water partition coefficient (Wildman–Crippen LogP) is 2.80. The van der Waals surface area contributed by atoms with E-state index in [-0.39, 0.29) is 0 Å². The van der Waals surface area contributed by atoms with E-state index in [2.05, 4.69) is 31.0 Å². The summed E-state index contributed by atoms with van der Waals surface area (Å²) in [6, 6.07) is 5.93. The van der Waals surface area contributed by atoms with Crippen LogP contribution < -0.4 is 0 Å². The summed E-state index contributed by atoms with van der Waals surface area (Å²) in [5.74, 6) is 0. The Bertz CT molecular complexity index is 639. The Kier molecular flexibility index (Phi) is 2.07. The van der Waals surface area contributed by atoms with Crippen LogP contribution in [-0.2, 0) is 0 Å². The van der Waals surface area contributed by atoms with Crippen molar-refractivity contribution in [2.24, 2.45) is 0 Å². The maximum absolute atomic E-state index is 4.53. The number of nitrogens with zero attached hydrogens (tertiary/aromatic N) is 3. The summed E-state index contributed by atoms with van der Waals surface area (Å²) in [5, 5.41) is 4.53. The zero-order valence-corrected chi connectivity index (χ0v) is 10.2. The molecule has 0 spiro atoms. The molecule has 0 radical (unpaired) electrons. The number of rotatable bonds is 1. The number of aromatic nitrogens is 4. The SMILES string of the molecule is Cc1nc2ccc(-c3cc[nH]c3)nn2c1Br. The van der Waals surface area contributed by atoms with E-state index in [9.17, 15) is 0 Å². The van der Waals surface area contributed by atoms with E-state index < -0.39 is 0 Å². The molecule has 0 aliphatic rings. The second kappa shape index (κ2) is 3.45. The first-order valence-electron chi connectivity index (χ1n) is 4.91. The van der Waals surface area contributed by atoms with Crippen LogP contribution in [0.25, 0.3) is 16.9 Å². The van der Waals surface area contributed by atoms with Crippen molar-refractivity contribution in [2.45, 2.75) is 6.92 Å². The van der Waals surface area contributed by atoms with Crippen molar-refractivity contribution in [3.63, 3.8) is 0 Å². The van der Waals surface area contributed by atoms with Crippen LogP contribution in [0.2, 0.25) is 0 Å². The van der Waals surface area contributed by atoms with Gasteiger partial charge >= 0.3 is 0 Å². The molecule has 0 amide bonds. The molecule has 3 rings (SSSR count). The van der Waals surface area contributed by atoms with Crippen molar-refractivity contribution in [1.29, 1.82) is 0 Å². The van der Waals surface area contributed by atoms with Crippen LogP contribution >= 0.6 is 15.9 Å². The minimum atomic E-state index is 0.851. The van der Waals surface area contributed by atoms with E-state index in [4.69, 9.17) is 0 Å². The highest BCUT2D eigenvalue weighted by atomic mass is 79.9. The molecule has 1 N–H and O–H groups in total. The number of H-pyrrole nitrogens is 1. The average Bonchev–Trinajstić information content (AvgIpc) is 2.89. The Hall–Kier alpha value is -1.62. The molecule has 16 heavy (non-hydrogen) atoms. The van der Waals surface area contributed by atoms with Crippen LogP contribution in [0.5, 0.6) is 0 Å². The normalized spacial score (nSPS) is 11.1. The molecule has 3 aromatic heterocycles. The van der Waals surface area contributed by atoms with Gasteiger partial charge in [-0.3, -0.25) is 0 Å². The average molecular weight is 277 g/mol. The molecular weight excluding hydrogens is 268 g/mol. The Morgan fingerprint density at radius 1 is 1.31 bits per heavy atom. The van der Waals surface area contributed by atoms with Crippen molar-refractivity contribution < 1.29 is 0 Å². The first-order chi connectivity index (χ1) is 7.75. The molecule has 80 valence electrons. The van der Waals surface area contributed by atoms with Crippen molar-refractivity contribution in [3.8, 4) is 11.3 Å². The Labute approximate surface area is 100 Å². The van der Waals surface area contributed by atoms with Crippen LogP contribution in [0.15, 0.2) is 35.2 Å². The first-order valence-corrected chi connectivity index (χ1v) is 5.70. The topological polar surface area (TPSA) is 46.0 Å². The van der Waals surface area contributed by atoms with Gasteiger partial charge in [-0.1, -0.05) is 0 Å². The van der Waals surface area contributed by atoms with Gasteiger partial charge in [0.2, 0.25) is 0 Å². The predicted molar refractivity (Wildman–Crippen MR) is 65.2 cm³/mol. The lowest BCUT2D eigenvalue weighted by Gasteiger charge is -1.98. The van der Waals surface area contributed by atoms with Crippen molar-refractivity contribution >= 4 is 21.6 Å². The summed E-state index contributed by atoms with van der Waals surface area (Å²) < 4.78 is 2.71. The second-order valence-electron chi connectivity index (χ2n) is 3.58. The molecule has 3 aromatic rings. The molecule has 0 aliphatic carbocycles. The van der Waals surface area contributed by atoms with Crippen molar-refractivity contribution in [3.05, 3.63) is 40.9 Å². The van der Waals surface area contributed by atoms with Gasteiger partial charge in [-0.2, -0.15) is 5.10 Å². The number of aryl methyl sites for hydroxylation is 1. The minimum absolute atomic E-state index is 0.851. The van der Waals surface area contributed by atoms with Gasteiger partial charge in [0.05, 0.1) is 11.4 Å². The monoisotopic (exact) mass is 276 g/mol. The van der Waals surface area contributed by atoms with E-state index in [0.717, 1.165) is 27.2 Å². The lowest BCUT2D eigenvalue weighted by Crippen LogP contribution is -1.93. The van der Waals surface area contributed by atoms with E-state index >= 15 is 0 Å². The molecule has 0 fully saturated rings. The largest absolute Gasteiger partial charge is 0.367 e. The fourth-order valence-corrected chi connectivity index (χ4v) is 2.00.